The molecule has 0 aromatic carbocycles. The van der Waals surface area contributed by atoms with Crippen molar-refractivity contribution in [2.45, 2.75) is 65.2 Å². The summed E-state index contributed by atoms with van der Waals surface area (Å²) in [6.07, 6.45) is 12.8. The predicted molar refractivity (Wildman–Crippen MR) is 111 cm³/mol. The minimum absolute atomic E-state index is 0.0691. The van der Waals surface area contributed by atoms with E-state index in [9.17, 15) is 14.4 Å². The first-order valence-electron chi connectivity index (χ1n) is 10.5. The van der Waals surface area contributed by atoms with Crippen LogP contribution >= 0.6 is 0 Å². The van der Waals surface area contributed by atoms with Crippen LogP contribution in [0, 0.1) is 17.8 Å². The second-order valence-electron chi connectivity index (χ2n) is 7.76. The maximum absolute atomic E-state index is 12.3. The molecule has 0 aliphatic heterocycles. The highest BCUT2D eigenvalue weighted by Crippen LogP contribution is 2.34. The lowest BCUT2D eigenvalue weighted by Crippen LogP contribution is -2.13. The second-order valence-corrected chi connectivity index (χ2v) is 7.76. The number of ketones is 1. The Morgan fingerprint density at radius 3 is 2.66 bits per heavy atom. The molecular formula is C23H36O6. The van der Waals surface area contributed by atoms with Crippen LogP contribution in [-0.2, 0) is 28.6 Å². The highest BCUT2D eigenvalue weighted by Gasteiger charge is 2.32. The zero-order valence-electron chi connectivity index (χ0n) is 18.3. The Labute approximate surface area is 174 Å². The molecule has 3 atom stereocenters. The Morgan fingerprint density at radius 1 is 1.24 bits per heavy atom. The van der Waals surface area contributed by atoms with Crippen molar-refractivity contribution in [3.8, 4) is 0 Å². The van der Waals surface area contributed by atoms with Crippen molar-refractivity contribution in [2.24, 2.45) is 17.8 Å². The molecule has 0 amide bonds. The average molecular weight is 409 g/mol. The molecule has 0 radical (unpaired) electrons. The topological polar surface area (TPSA) is 78.9 Å². The normalized spacial score (nSPS) is 20.8. The number of allylic oxidation sites excluding steroid dienone is 3. The van der Waals surface area contributed by atoms with Crippen LogP contribution in [-0.4, -0.2) is 38.5 Å². The maximum Gasteiger partial charge on any atom is 0.373 e. The Hall–Kier alpha value is -1.95. The number of Topliss-reactive ketones (excluding diaryl/α,β-unsaturated/α-hetero) is 1. The third kappa shape index (κ3) is 9.88. The zero-order chi connectivity index (χ0) is 21.6. The Bertz CT molecular complexity index is 592. The van der Waals surface area contributed by atoms with Crippen LogP contribution in [0.1, 0.15) is 65.2 Å². The molecule has 1 rings (SSSR count). The predicted octanol–water partition coefficient (Wildman–Crippen LogP) is 4.38. The van der Waals surface area contributed by atoms with E-state index in [1.807, 2.05) is 0 Å². The van der Waals surface area contributed by atoms with E-state index in [2.05, 4.69) is 23.8 Å². The van der Waals surface area contributed by atoms with E-state index in [1.165, 1.54) is 14.0 Å². The number of hydrogen-bond donors (Lipinski definition) is 0. The molecule has 0 heterocycles. The van der Waals surface area contributed by atoms with Crippen molar-refractivity contribution < 1.29 is 28.6 Å². The lowest BCUT2D eigenvalue weighted by Gasteiger charge is -2.15. The number of hydrogen-bond acceptors (Lipinski definition) is 6. The number of carbonyl (C=O) groups is 3. The van der Waals surface area contributed by atoms with Gasteiger partial charge in [-0.15, -0.1) is 0 Å². The fraction of sp³-hybridized carbons (Fsp3) is 0.696. The van der Waals surface area contributed by atoms with Gasteiger partial charge in [-0.3, -0.25) is 9.59 Å². The third-order valence-corrected chi connectivity index (χ3v) is 5.33. The smallest absolute Gasteiger partial charge is 0.373 e. The molecular weight excluding hydrogens is 372 g/mol. The van der Waals surface area contributed by atoms with Gasteiger partial charge < -0.3 is 14.2 Å². The second kappa shape index (κ2) is 14.1. The molecule has 0 aromatic rings. The molecule has 6 heteroatoms. The van der Waals surface area contributed by atoms with Crippen LogP contribution in [0.25, 0.3) is 0 Å². The van der Waals surface area contributed by atoms with Gasteiger partial charge in [0, 0.05) is 33.0 Å². The molecule has 0 saturated heterocycles. The molecule has 1 unspecified atom stereocenters. The van der Waals surface area contributed by atoms with E-state index >= 15 is 0 Å². The van der Waals surface area contributed by atoms with Crippen molar-refractivity contribution in [1.29, 1.82) is 0 Å². The molecule has 29 heavy (non-hydrogen) atoms. The SMILES string of the molecule is COCCC(C)C/C=C/[C@H]1CCC(=O)[C@@H]1CCCC/C=C(\OC(C)=O)C(=O)OC. The summed E-state index contributed by atoms with van der Waals surface area (Å²) in [6.45, 7) is 4.24. The van der Waals surface area contributed by atoms with Gasteiger partial charge in [-0.1, -0.05) is 25.5 Å². The Kier molecular flexibility index (Phi) is 12.2. The largest absolute Gasteiger partial charge is 0.463 e. The molecule has 1 saturated carbocycles. The summed E-state index contributed by atoms with van der Waals surface area (Å²) >= 11 is 0. The van der Waals surface area contributed by atoms with Crippen molar-refractivity contribution in [2.75, 3.05) is 20.8 Å². The van der Waals surface area contributed by atoms with Gasteiger partial charge in [-0.05, 0) is 56.4 Å². The monoisotopic (exact) mass is 408 g/mol. The summed E-state index contributed by atoms with van der Waals surface area (Å²) in [6, 6.07) is 0. The lowest BCUT2D eigenvalue weighted by molar-refractivity contribution is -0.148. The minimum Gasteiger partial charge on any atom is -0.463 e. The van der Waals surface area contributed by atoms with E-state index < -0.39 is 11.9 Å². The maximum atomic E-state index is 12.3. The molecule has 0 bridgehead atoms. The Morgan fingerprint density at radius 2 is 2.00 bits per heavy atom. The van der Waals surface area contributed by atoms with Crippen LogP contribution in [0.5, 0.6) is 0 Å². The zero-order valence-corrected chi connectivity index (χ0v) is 18.3. The fourth-order valence-electron chi connectivity index (χ4n) is 3.63. The van der Waals surface area contributed by atoms with Crippen molar-refractivity contribution in [3.05, 3.63) is 24.0 Å². The minimum atomic E-state index is -0.656. The number of ether oxygens (including phenoxy) is 3. The van der Waals surface area contributed by atoms with Gasteiger partial charge in [-0.25, -0.2) is 4.79 Å². The molecule has 164 valence electrons. The summed E-state index contributed by atoms with van der Waals surface area (Å²) in [7, 11) is 2.97. The quantitative estimate of drug-likeness (QED) is 0.148. The summed E-state index contributed by atoms with van der Waals surface area (Å²) in [5, 5.41) is 0. The van der Waals surface area contributed by atoms with E-state index in [0.29, 0.717) is 30.5 Å². The van der Waals surface area contributed by atoms with Crippen molar-refractivity contribution >= 4 is 17.7 Å². The van der Waals surface area contributed by atoms with E-state index in [-0.39, 0.29) is 11.7 Å². The standard InChI is InChI=1S/C23H36O6/c1-17(15-16-27-3)9-8-10-19-13-14-21(25)20(19)11-6-5-7-12-22(23(26)28-4)29-18(2)24/h8,10,12,17,19-20H,5-7,9,11,13-16H2,1-4H3/b10-8+,22-12-/t17?,19-,20+/m0/s1. The number of carbonyl (C=O) groups excluding carboxylic acids is 3. The van der Waals surface area contributed by atoms with Gasteiger partial charge in [0.1, 0.15) is 5.78 Å². The summed E-state index contributed by atoms with van der Waals surface area (Å²) in [5.74, 6) is 0.0887. The van der Waals surface area contributed by atoms with Crippen LogP contribution < -0.4 is 0 Å². The highest BCUT2D eigenvalue weighted by molar-refractivity contribution is 5.89. The van der Waals surface area contributed by atoms with Gasteiger partial charge in [0.25, 0.3) is 0 Å². The highest BCUT2D eigenvalue weighted by atomic mass is 16.6. The van der Waals surface area contributed by atoms with Crippen molar-refractivity contribution in [3.63, 3.8) is 0 Å². The molecule has 6 nitrogen and oxygen atoms in total. The first kappa shape index (κ1) is 25.1. The van der Waals surface area contributed by atoms with Gasteiger partial charge in [0.05, 0.1) is 7.11 Å². The van der Waals surface area contributed by atoms with Crippen LogP contribution in [0.4, 0.5) is 0 Å². The summed E-state index contributed by atoms with van der Waals surface area (Å²) in [5.41, 5.74) is 0. The number of unbranched alkanes of at least 4 members (excludes halogenated alkanes) is 2. The van der Waals surface area contributed by atoms with Gasteiger partial charge in [-0.2, -0.15) is 0 Å². The Balaban J connectivity index is 2.44. The average Bonchev–Trinajstić information content (AvgIpc) is 3.04. The first-order chi connectivity index (χ1) is 13.9. The molecule has 0 aromatic heterocycles. The fourth-order valence-corrected chi connectivity index (χ4v) is 3.63. The molecule has 0 spiro atoms. The lowest BCUT2D eigenvalue weighted by atomic mass is 9.89. The number of rotatable bonds is 13. The van der Waals surface area contributed by atoms with Crippen molar-refractivity contribution in [1.82, 2.24) is 0 Å². The third-order valence-electron chi connectivity index (χ3n) is 5.33. The van der Waals surface area contributed by atoms with E-state index in [4.69, 9.17) is 9.47 Å². The van der Waals surface area contributed by atoms with E-state index in [1.54, 1.807) is 13.2 Å². The molecule has 1 aliphatic rings. The van der Waals surface area contributed by atoms with Crippen LogP contribution in [0.15, 0.2) is 24.0 Å². The van der Waals surface area contributed by atoms with Gasteiger partial charge in [0.15, 0.2) is 0 Å². The molecule has 1 aliphatic carbocycles. The van der Waals surface area contributed by atoms with Gasteiger partial charge in [0.2, 0.25) is 5.76 Å². The molecule has 0 N–H and O–H groups in total. The van der Waals surface area contributed by atoms with Crippen LogP contribution in [0.2, 0.25) is 0 Å². The number of methoxy groups -OCH3 is 2. The van der Waals surface area contributed by atoms with Crippen LogP contribution in [0.3, 0.4) is 0 Å². The van der Waals surface area contributed by atoms with Gasteiger partial charge >= 0.3 is 11.9 Å². The summed E-state index contributed by atoms with van der Waals surface area (Å²) < 4.78 is 14.6. The number of esters is 2. The van der Waals surface area contributed by atoms with E-state index in [0.717, 1.165) is 45.1 Å². The molecule has 1 fully saturated rings. The summed E-state index contributed by atoms with van der Waals surface area (Å²) in [4.78, 5) is 34.9. The first-order valence-corrected chi connectivity index (χ1v) is 10.5.